The molecule has 6 heteroatoms. The fourth-order valence-corrected chi connectivity index (χ4v) is 2.14. The summed E-state index contributed by atoms with van der Waals surface area (Å²) in [5, 5.41) is 6.87. The van der Waals surface area contributed by atoms with Crippen LogP contribution in [0.25, 0.3) is 5.52 Å². The molecule has 3 rings (SSSR count). The average molecular weight is 283 g/mol. The highest BCUT2D eigenvalue weighted by molar-refractivity contribution is 5.91. The Bertz CT molecular complexity index is 864. The largest absolute Gasteiger partial charge is 0.456 e. The first-order valence-corrected chi connectivity index (χ1v) is 6.45. The highest BCUT2D eigenvalue weighted by Gasteiger charge is 2.10. The van der Waals surface area contributed by atoms with Crippen molar-refractivity contribution in [1.82, 2.24) is 14.9 Å². The minimum Gasteiger partial charge on any atom is -0.456 e. The lowest BCUT2D eigenvalue weighted by Gasteiger charge is -2.06. The predicted octanol–water partition coefficient (Wildman–Crippen LogP) is 1.53. The third-order valence-corrected chi connectivity index (χ3v) is 3.08. The molecule has 1 amide bonds. The van der Waals surface area contributed by atoms with Gasteiger partial charge in [-0.15, -0.1) is 0 Å². The second kappa shape index (κ2) is 5.24. The number of aromatic nitrogens is 2. The second-order valence-corrected chi connectivity index (χ2v) is 4.65. The molecule has 0 saturated heterocycles. The van der Waals surface area contributed by atoms with E-state index >= 15 is 0 Å². The van der Waals surface area contributed by atoms with E-state index in [-0.39, 0.29) is 11.2 Å². The number of nitrogens with one attached hydrogen (secondary N) is 1. The van der Waals surface area contributed by atoms with Crippen molar-refractivity contribution in [2.45, 2.75) is 13.5 Å². The maximum Gasteiger partial charge on any atom is 0.287 e. The van der Waals surface area contributed by atoms with Crippen LogP contribution in [0.4, 0.5) is 0 Å². The van der Waals surface area contributed by atoms with Gasteiger partial charge in [-0.25, -0.2) is 4.52 Å². The molecular weight excluding hydrogens is 270 g/mol. The summed E-state index contributed by atoms with van der Waals surface area (Å²) < 4.78 is 6.98. The Morgan fingerprint density at radius 2 is 2.24 bits per heavy atom. The van der Waals surface area contributed by atoms with Crippen molar-refractivity contribution in [2.75, 3.05) is 0 Å². The zero-order chi connectivity index (χ0) is 14.8. The summed E-state index contributed by atoms with van der Waals surface area (Å²) in [5.41, 5.74) is 1.60. The number of pyridine rings is 1. The van der Waals surface area contributed by atoms with Gasteiger partial charge in [-0.2, -0.15) is 5.10 Å². The molecule has 0 aliphatic rings. The summed E-state index contributed by atoms with van der Waals surface area (Å²) in [4.78, 5) is 23.4. The van der Waals surface area contributed by atoms with Gasteiger partial charge in [-0.1, -0.05) is 6.07 Å². The van der Waals surface area contributed by atoms with Crippen LogP contribution >= 0.6 is 0 Å². The monoisotopic (exact) mass is 283 g/mol. The lowest BCUT2D eigenvalue weighted by molar-refractivity contribution is 0.0919. The summed E-state index contributed by atoms with van der Waals surface area (Å²) in [6, 6.07) is 8.15. The van der Waals surface area contributed by atoms with Crippen LogP contribution in [-0.2, 0) is 6.54 Å². The van der Waals surface area contributed by atoms with Crippen molar-refractivity contribution >= 4 is 11.4 Å². The first-order valence-electron chi connectivity index (χ1n) is 6.45. The van der Waals surface area contributed by atoms with Gasteiger partial charge in [-0.05, 0) is 24.6 Å². The zero-order valence-corrected chi connectivity index (χ0v) is 11.4. The maximum atomic E-state index is 12.0. The summed E-state index contributed by atoms with van der Waals surface area (Å²) in [5.74, 6) is 0.00307. The van der Waals surface area contributed by atoms with Gasteiger partial charge in [0.25, 0.3) is 5.91 Å². The summed E-state index contributed by atoms with van der Waals surface area (Å²) in [6.07, 6.45) is 3.53. The number of fused-ring (bicyclic) bond motifs is 1. The van der Waals surface area contributed by atoms with E-state index in [9.17, 15) is 9.59 Å². The second-order valence-electron chi connectivity index (χ2n) is 4.65. The third-order valence-electron chi connectivity index (χ3n) is 3.08. The minimum atomic E-state index is -0.419. The number of aryl methyl sites for hydroxylation is 1. The van der Waals surface area contributed by atoms with E-state index in [1.54, 1.807) is 17.6 Å². The van der Waals surface area contributed by atoms with Gasteiger partial charge in [0.2, 0.25) is 0 Å². The first kappa shape index (κ1) is 13.1. The van der Waals surface area contributed by atoms with E-state index in [4.69, 9.17) is 4.42 Å². The predicted molar refractivity (Wildman–Crippen MR) is 76.1 cm³/mol. The fraction of sp³-hybridized carbons (Fsp3) is 0.133. The van der Waals surface area contributed by atoms with Crippen molar-refractivity contribution < 1.29 is 9.21 Å². The van der Waals surface area contributed by atoms with E-state index in [0.717, 1.165) is 11.1 Å². The molecule has 0 aromatic carbocycles. The number of hydrogen-bond donors (Lipinski definition) is 1. The van der Waals surface area contributed by atoms with Crippen LogP contribution < -0.4 is 10.7 Å². The molecule has 0 aliphatic heterocycles. The Morgan fingerprint density at radius 3 is 3.05 bits per heavy atom. The molecule has 21 heavy (non-hydrogen) atoms. The Kier molecular flexibility index (Phi) is 3.27. The molecule has 0 atom stereocenters. The topological polar surface area (TPSA) is 76.6 Å². The lowest BCUT2D eigenvalue weighted by atomic mass is 10.2. The van der Waals surface area contributed by atoms with Gasteiger partial charge < -0.3 is 9.73 Å². The van der Waals surface area contributed by atoms with Crippen LogP contribution in [-0.4, -0.2) is 15.5 Å². The van der Waals surface area contributed by atoms with E-state index in [1.165, 1.54) is 12.1 Å². The SMILES string of the molecule is Cc1cc(=O)cc(C(=O)NCc2cccn3nccc23)o1. The van der Waals surface area contributed by atoms with Crippen molar-refractivity contribution in [3.63, 3.8) is 0 Å². The minimum absolute atomic E-state index is 0.0143. The van der Waals surface area contributed by atoms with Gasteiger partial charge in [0, 0.05) is 31.1 Å². The van der Waals surface area contributed by atoms with Crippen molar-refractivity contribution in [3.05, 3.63) is 70.0 Å². The molecular formula is C15H13N3O3. The van der Waals surface area contributed by atoms with E-state index in [1.807, 2.05) is 24.4 Å². The van der Waals surface area contributed by atoms with Crippen LogP contribution in [0.15, 0.2) is 51.9 Å². The smallest absolute Gasteiger partial charge is 0.287 e. The molecule has 6 nitrogen and oxygen atoms in total. The molecule has 3 heterocycles. The normalized spacial score (nSPS) is 10.7. The Balaban J connectivity index is 1.79. The molecule has 0 saturated carbocycles. The molecule has 3 aromatic heterocycles. The van der Waals surface area contributed by atoms with Gasteiger partial charge in [0.05, 0.1) is 5.52 Å². The number of hydrogen-bond acceptors (Lipinski definition) is 4. The first-order chi connectivity index (χ1) is 10.1. The van der Waals surface area contributed by atoms with Gasteiger partial charge in [-0.3, -0.25) is 9.59 Å². The Morgan fingerprint density at radius 1 is 1.38 bits per heavy atom. The molecule has 0 unspecified atom stereocenters. The molecule has 106 valence electrons. The lowest BCUT2D eigenvalue weighted by Crippen LogP contribution is -2.24. The van der Waals surface area contributed by atoms with Crippen LogP contribution in [0.1, 0.15) is 21.9 Å². The number of carbonyl (C=O) groups excluding carboxylic acids is 1. The third kappa shape index (κ3) is 2.69. The van der Waals surface area contributed by atoms with Crippen molar-refractivity contribution in [2.24, 2.45) is 0 Å². The van der Waals surface area contributed by atoms with Gasteiger partial charge >= 0.3 is 0 Å². The quantitative estimate of drug-likeness (QED) is 0.790. The molecule has 0 fully saturated rings. The van der Waals surface area contributed by atoms with E-state index in [0.29, 0.717) is 12.3 Å². The van der Waals surface area contributed by atoms with Crippen LogP contribution in [0.3, 0.4) is 0 Å². The highest BCUT2D eigenvalue weighted by atomic mass is 16.3. The molecule has 3 aromatic rings. The highest BCUT2D eigenvalue weighted by Crippen LogP contribution is 2.10. The molecule has 0 spiro atoms. The average Bonchev–Trinajstić information content (AvgIpc) is 2.92. The molecule has 0 radical (unpaired) electrons. The number of amides is 1. The van der Waals surface area contributed by atoms with E-state index in [2.05, 4.69) is 10.4 Å². The molecule has 1 N–H and O–H groups in total. The number of carbonyl (C=O) groups is 1. The van der Waals surface area contributed by atoms with Crippen LogP contribution in [0.2, 0.25) is 0 Å². The van der Waals surface area contributed by atoms with Gasteiger partial charge in [0.1, 0.15) is 5.76 Å². The zero-order valence-electron chi connectivity index (χ0n) is 11.4. The Hall–Kier alpha value is -2.89. The summed E-state index contributed by atoms with van der Waals surface area (Å²) >= 11 is 0. The van der Waals surface area contributed by atoms with Crippen LogP contribution in [0, 0.1) is 6.92 Å². The van der Waals surface area contributed by atoms with Crippen LogP contribution in [0.5, 0.6) is 0 Å². The standard InChI is InChI=1S/C15H13N3O3/c1-10-7-12(19)8-14(21-10)15(20)16-9-11-3-2-6-18-13(11)4-5-17-18/h2-8H,9H2,1H3,(H,16,20). The molecule has 0 aliphatic carbocycles. The summed E-state index contributed by atoms with van der Waals surface area (Å²) in [7, 11) is 0. The van der Waals surface area contributed by atoms with E-state index < -0.39 is 5.91 Å². The van der Waals surface area contributed by atoms with Gasteiger partial charge in [0.15, 0.2) is 11.2 Å². The number of rotatable bonds is 3. The Labute approximate surface area is 120 Å². The summed E-state index contributed by atoms with van der Waals surface area (Å²) in [6.45, 7) is 1.96. The van der Waals surface area contributed by atoms with Crippen molar-refractivity contribution in [3.8, 4) is 0 Å². The van der Waals surface area contributed by atoms with Crippen molar-refractivity contribution in [1.29, 1.82) is 0 Å². The maximum absolute atomic E-state index is 12.0. The fourth-order valence-electron chi connectivity index (χ4n) is 2.14. The number of nitrogens with zero attached hydrogens (tertiary/aromatic N) is 2. The molecule has 0 bridgehead atoms.